The number of aryl methyl sites for hydroxylation is 2. The van der Waals surface area contributed by atoms with Crippen LogP contribution >= 0.6 is 0 Å². The van der Waals surface area contributed by atoms with Crippen LogP contribution in [0.5, 0.6) is 0 Å². The molecular weight excluding hydrogens is 749 g/mol. The third-order valence-corrected chi connectivity index (χ3v) is 10.3. The van der Waals surface area contributed by atoms with Gasteiger partial charge in [-0.1, -0.05) is 42.5 Å². The Kier molecular flexibility index (Phi) is 12.0. The van der Waals surface area contributed by atoms with E-state index in [-0.39, 0.29) is 38.1 Å². The zero-order chi connectivity index (χ0) is 39.8. The number of urea groups is 4. The SMILES string of the molecule is Cc1cccc(NC(=O)Nc2cccc(S(=O)(=O)NC(=O)Nc3cccc(NC(=O)NS(=O)(=O)c4cccc(NC(=O)Nc5cccc(C)c5)c4)c3C)c2)c1. The third-order valence-electron chi connectivity index (χ3n) is 7.64. The number of carbonyl (C=O) groups is 4. The molecule has 55 heavy (non-hydrogen) atoms. The highest BCUT2D eigenvalue weighted by Gasteiger charge is 2.22. The molecule has 0 atom stereocenters. The molecule has 8 N–H and O–H groups in total. The molecule has 0 bridgehead atoms. The van der Waals surface area contributed by atoms with Gasteiger partial charge in [-0.25, -0.2) is 45.5 Å². The molecule has 0 spiro atoms. The van der Waals surface area contributed by atoms with E-state index in [1.165, 1.54) is 73.7 Å². The number of hydrogen-bond acceptors (Lipinski definition) is 8. The van der Waals surface area contributed by atoms with Gasteiger partial charge in [0.2, 0.25) is 0 Å². The molecule has 0 aliphatic rings. The number of benzene rings is 5. The number of carbonyl (C=O) groups excluding carboxylic acids is 4. The van der Waals surface area contributed by atoms with Crippen LogP contribution in [-0.2, 0) is 20.0 Å². The van der Waals surface area contributed by atoms with Gasteiger partial charge in [0.05, 0.1) is 9.79 Å². The van der Waals surface area contributed by atoms with Crippen LogP contribution in [0.25, 0.3) is 0 Å². The fourth-order valence-electron chi connectivity index (χ4n) is 5.08. The minimum atomic E-state index is -4.42. The minimum Gasteiger partial charge on any atom is -0.308 e. The highest BCUT2D eigenvalue weighted by Crippen LogP contribution is 2.24. The van der Waals surface area contributed by atoms with Gasteiger partial charge in [-0.3, -0.25) is 0 Å². The van der Waals surface area contributed by atoms with Gasteiger partial charge in [-0.2, -0.15) is 0 Å². The van der Waals surface area contributed by atoms with E-state index in [1.54, 1.807) is 36.4 Å². The van der Waals surface area contributed by atoms with E-state index in [2.05, 4.69) is 31.9 Å². The topological polar surface area (TPSA) is 233 Å². The zero-order valence-electron chi connectivity index (χ0n) is 29.6. The Balaban J connectivity index is 1.17. The molecule has 5 rings (SSSR count). The summed E-state index contributed by atoms with van der Waals surface area (Å²) < 4.78 is 56.0. The molecule has 18 heteroatoms. The molecule has 0 saturated carbocycles. The largest absolute Gasteiger partial charge is 0.333 e. The number of rotatable bonds is 10. The Morgan fingerprint density at radius 1 is 0.400 bits per heavy atom. The summed E-state index contributed by atoms with van der Waals surface area (Å²) in [6.45, 7) is 5.23. The van der Waals surface area contributed by atoms with Crippen LogP contribution in [0.1, 0.15) is 16.7 Å². The molecule has 0 radical (unpaired) electrons. The predicted molar refractivity (Wildman–Crippen MR) is 210 cm³/mol. The third kappa shape index (κ3) is 11.0. The molecule has 0 aliphatic heterocycles. The zero-order valence-corrected chi connectivity index (χ0v) is 31.2. The van der Waals surface area contributed by atoms with E-state index in [0.717, 1.165) is 11.1 Å². The molecule has 0 aliphatic carbocycles. The molecule has 284 valence electrons. The molecule has 5 aromatic rings. The van der Waals surface area contributed by atoms with Crippen molar-refractivity contribution in [3.63, 3.8) is 0 Å². The van der Waals surface area contributed by atoms with Crippen LogP contribution in [0.4, 0.5) is 53.3 Å². The van der Waals surface area contributed by atoms with Crippen LogP contribution in [-0.4, -0.2) is 41.0 Å². The van der Waals surface area contributed by atoms with Crippen molar-refractivity contribution in [3.05, 3.63) is 132 Å². The quantitative estimate of drug-likeness (QED) is 0.0739. The van der Waals surface area contributed by atoms with E-state index >= 15 is 0 Å². The van der Waals surface area contributed by atoms with Gasteiger partial charge in [-0.05, 0) is 110 Å². The molecule has 8 amide bonds. The Morgan fingerprint density at radius 2 is 0.727 bits per heavy atom. The molecular formula is C37H36N8O8S2. The maximum Gasteiger partial charge on any atom is 0.333 e. The van der Waals surface area contributed by atoms with Crippen LogP contribution in [0.3, 0.4) is 0 Å². The van der Waals surface area contributed by atoms with Crippen LogP contribution in [0.15, 0.2) is 125 Å². The summed E-state index contributed by atoms with van der Waals surface area (Å²) in [5, 5.41) is 15.2. The Labute approximate surface area is 317 Å². The average Bonchev–Trinajstić information content (AvgIpc) is 3.10. The second-order valence-electron chi connectivity index (χ2n) is 12.1. The van der Waals surface area contributed by atoms with Crippen molar-refractivity contribution >= 4 is 78.3 Å². The number of anilines is 6. The molecule has 0 saturated heterocycles. The molecule has 0 fully saturated rings. The molecule has 0 heterocycles. The van der Waals surface area contributed by atoms with Crippen molar-refractivity contribution < 1.29 is 36.0 Å². The maximum atomic E-state index is 13.1. The van der Waals surface area contributed by atoms with E-state index in [0.29, 0.717) is 11.4 Å². The van der Waals surface area contributed by atoms with Crippen molar-refractivity contribution in [1.82, 2.24) is 9.44 Å². The molecule has 5 aromatic carbocycles. The standard InChI is InChI=1S/C37H36N8O8S2/c1-23-9-4-11-26(19-23)38-34(46)40-28-13-6-15-30(21-28)54(50,51)44-36(48)42-32-17-8-18-33(25(32)3)43-37(49)45-55(52,53)31-16-7-14-29(22-31)41-35(47)39-27-12-5-10-24(2)20-27/h4-22H,1-3H3,(H2,38,40,46)(H2,39,41,47)(H2,42,44,48)(H2,43,45,49). The van der Waals surface area contributed by atoms with Gasteiger partial charge in [0, 0.05) is 34.1 Å². The van der Waals surface area contributed by atoms with E-state index < -0.39 is 44.2 Å². The summed E-state index contributed by atoms with van der Waals surface area (Å²) in [4.78, 5) is 50.0. The van der Waals surface area contributed by atoms with Gasteiger partial charge in [0.25, 0.3) is 20.0 Å². The van der Waals surface area contributed by atoms with Gasteiger partial charge >= 0.3 is 24.1 Å². The van der Waals surface area contributed by atoms with Crippen molar-refractivity contribution in [2.75, 3.05) is 31.9 Å². The smallest absolute Gasteiger partial charge is 0.308 e. The van der Waals surface area contributed by atoms with Gasteiger partial charge < -0.3 is 31.9 Å². The number of hydrogen-bond donors (Lipinski definition) is 8. The minimum absolute atomic E-state index is 0.0966. The highest BCUT2D eigenvalue weighted by atomic mass is 32.2. The summed E-state index contributed by atoms with van der Waals surface area (Å²) >= 11 is 0. The monoisotopic (exact) mass is 784 g/mol. The highest BCUT2D eigenvalue weighted by molar-refractivity contribution is 7.90. The first kappa shape index (κ1) is 39.3. The lowest BCUT2D eigenvalue weighted by Gasteiger charge is -2.15. The summed E-state index contributed by atoms with van der Waals surface area (Å²) in [5.41, 5.74) is 3.69. The second kappa shape index (κ2) is 16.8. The number of sulfonamides is 2. The van der Waals surface area contributed by atoms with Crippen LogP contribution in [0, 0.1) is 20.8 Å². The summed E-state index contributed by atoms with van der Waals surface area (Å²) in [6.07, 6.45) is 0. The van der Waals surface area contributed by atoms with Crippen molar-refractivity contribution in [2.24, 2.45) is 0 Å². The van der Waals surface area contributed by atoms with E-state index in [9.17, 15) is 36.0 Å². The second-order valence-corrected chi connectivity index (χ2v) is 15.4. The maximum absolute atomic E-state index is 13.1. The first-order valence-corrected chi connectivity index (χ1v) is 19.3. The first-order chi connectivity index (χ1) is 26.1. The normalized spacial score (nSPS) is 11.0. The number of nitrogens with one attached hydrogen (secondary N) is 8. The van der Waals surface area contributed by atoms with Crippen molar-refractivity contribution in [3.8, 4) is 0 Å². The molecule has 0 unspecified atom stereocenters. The van der Waals surface area contributed by atoms with Gasteiger partial charge in [0.15, 0.2) is 0 Å². The summed E-state index contributed by atoms with van der Waals surface area (Å²) in [7, 11) is -8.85. The summed E-state index contributed by atoms with van der Waals surface area (Å²) in [5.74, 6) is 0. The molecule has 16 nitrogen and oxygen atoms in total. The van der Waals surface area contributed by atoms with Gasteiger partial charge in [-0.15, -0.1) is 0 Å². The average molecular weight is 785 g/mol. The lowest BCUT2D eigenvalue weighted by Crippen LogP contribution is -2.35. The lowest BCUT2D eigenvalue weighted by atomic mass is 10.1. The van der Waals surface area contributed by atoms with Crippen molar-refractivity contribution in [2.45, 2.75) is 30.6 Å². The predicted octanol–water partition coefficient (Wildman–Crippen LogP) is 6.92. The first-order valence-electron chi connectivity index (χ1n) is 16.3. The molecule has 0 aromatic heterocycles. The van der Waals surface area contributed by atoms with Crippen LogP contribution < -0.4 is 41.3 Å². The summed E-state index contributed by atoms with van der Waals surface area (Å²) in [6, 6.07) is 25.5. The fourth-order valence-corrected chi connectivity index (χ4v) is 6.98. The fraction of sp³-hybridized carbons (Fsp3) is 0.0811. The lowest BCUT2D eigenvalue weighted by molar-refractivity contribution is 0.255. The van der Waals surface area contributed by atoms with E-state index in [4.69, 9.17) is 0 Å². The van der Waals surface area contributed by atoms with Crippen LogP contribution in [0.2, 0.25) is 0 Å². The number of amides is 8. The van der Waals surface area contributed by atoms with E-state index in [1.807, 2.05) is 35.4 Å². The Morgan fingerprint density at radius 3 is 1.09 bits per heavy atom. The van der Waals surface area contributed by atoms with Gasteiger partial charge in [0.1, 0.15) is 0 Å². The Bertz CT molecular complexity index is 2340. The van der Waals surface area contributed by atoms with Crippen molar-refractivity contribution in [1.29, 1.82) is 0 Å². The Hall–Kier alpha value is -6.92.